The monoisotopic (exact) mass is 301 g/mol. The molecule has 4 nitrogen and oxygen atoms in total. The van der Waals surface area contributed by atoms with Crippen LogP contribution in [0.5, 0.6) is 0 Å². The van der Waals surface area contributed by atoms with E-state index in [0.717, 1.165) is 24.2 Å². The second-order valence-corrected chi connectivity index (χ2v) is 5.62. The minimum atomic E-state index is -0.0708. The molecular weight excluding hydrogens is 286 g/mol. The number of hydrogen-bond acceptors (Lipinski definition) is 3. The summed E-state index contributed by atoms with van der Waals surface area (Å²) in [6.07, 6.45) is 2.13. The zero-order valence-corrected chi connectivity index (χ0v) is 12.2. The lowest BCUT2D eigenvalue weighted by atomic mass is 10.1. The van der Waals surface area contributed by atoms with Crippen molar-refractivity contribution >= 4 is 34.6 Å². The summed E-state index contributed by atoms with van der Waals surface area (Å²) in [4.78, 5) is 12.0. The van der Waals surface area contributed by atoms with E-state index >= 15 is 0 Å². The van der Waals surface area contributed by atoms with E-state index in [2.05, 4.69) is 10.6 Å². The van der Waals surface area contributed by atoms with Crippen molar-refractivity contribution in [3.8, 4) is 0 Å². The van der Waals surface area contributed by atoms with E-state index in [1.807, 2.05) is 18.2 Å². The van der Waals surface area contributed by atoms with Crippen LogP contribution in [0.2, 0.25) is 5.02 Å². The highest BCUT2D eigenvalue weighted by atomic mass is 35.5. The summed E-state index contributed by atoms with van der Waals surface area (Å²) in [7, 11) is 0. The van der Waals surface area contributed by atoms with Crippen LogP contribution < -0.4 is 16.4 Å². The molecule has 2 aromatic rings. The van der Waals surface area contributed by atoms with Crippen LogP contribution in [0.3, 0.4) is 0 Å². The Bertz CT molecular complexity index is 683. The molecule has 4 N–H and O–H groups in total. The molecule has 108 valence electrons. The molecule has 1 aliphatic rings. The number of halogens is 1. The molecule has 3 rings (SSSR count). The molecule has 0 aromatic heterocycles. The van der Waals surface area contributed by atoms with Gasteiger partial charge in [-0.1, -0.05) is 17.7 Å². The minimum absolute atomic E-state index is 0.0708. The Morgan fingerprint density at radius 2 is 2.00 bits per heavy atom. The molecule has 0 bridgehead atoms. The third kappa shape index (κ3) is 3.47. The van der Waals surface area contributed by atoms with Gasteiger partial charge in [0.2, 0.25) is 0 Å². The van der Waals surface area contributed by atoms with Crippen LogP contribution in [0.1, 0.15) is 23.2 Å². The smallest absolute Gasteiger partial charge is 0.251 e. The van der Waals surface area contributed by atoms with Gasteiger partial charge in [0, 0.05) is 22.3 Å². The Labute approximate surface area is 128 Å². The van der Waals surface area contributed by atoms with Crippen LogP contribution in [-0.4, -0.2) is 11.9 Å². The summed E-state index contributed by atoms with van der Waals surface area (Å²) in [5.41, 5.74) is 8.72. The zero-order valence-electron chi connectivity index (χ0n) is 11.4. The Morgan fingerprint density at radius 3 is 2.67 bits per heavy atom. The van der Waals surface area contributed by atoms with Gasteiger partial charge in [-0.3, -0.25) is 4.79 Å². The van der Waals surface area contributed by atoms with E-state index in [1.54, 1.807) is 24.3 Å². The third-order valence-corrected chi connectivity index (χ3v) is 3.57. The van der Waals surface area contributed by atoms with Crippen LogP contribution in [0, 0.1) is 0 Å². The molecule has 1 saturated carbocycles. The van der Waals surface area contributed by atoms with E-state index in [1.165, 1.54) is 0 Å². The Morgan fingerprint density at radius 1 is 1.19 bits per heavy atom. The average Bonchev–Trinajstić information content (AvgIpc) is 3.25. The largest absolute Gasteiger partial charge is 0.397 e. The van der Waals surface area contributed by atoms with E-state index in [0.29, 0.717) is 22.3 Å². The molecule has 0 heterocycles. The van der Waals surface area contributed by atoms with E-state index in [4.69, 9.17) is 17.3 Å². The fourth-order valence-electron chi connectivity index (χ4n) is 2.04. The number of carbonyl (C=O) groups is 1. The van der Waals surface area contributed by atoms with Gasteiger partial charge in [0.15, 0.2) is 0 Å². The fourth-order valence-corrected chi connectivity index (χ4v) is 2.23. The molecule has 0 radical (unpaired) electrons. The molecule has 2 aromatic carbocycles. The molecule has 0 atom stereocenters. The summed E-state index contributed by atoms with van der Waals surface area (Å²) >= 11 is 5.95. The highest BCUT2D eigenvalue weighted by molar-refractivity contribution is 6.30. The third-order valence-electron chi connectivity index (χ3n) is 3.33. The van der Waals surface area contributed by atoms with Crippen molar-refractivity contribution in [3.63, 3.8) is 0 Å². The number of rotatable bonds is 4. The Hall–Kier alpha value is -2.20. The molecule has 21 heavy (non-hydrogen) atoms. The highest BCUT2D eigenvalue weighted by Crippen LogP contribution is 2.26. The van der Waals surface area contributed by atoms with Crippen LogP contribution in [0.15, 0.2) is 42.5 Å². The summed E-state index contributed by atoms with van der Waals surface area (Å²) in [5.74, 6) is -0.0708. The summed E-state index contributed by atoms with van der Waals surface area (Å²) in [6.45, 7) is 0. The number of nitrogen functional groups attached to an aromatic ring is 1. The van der Waals surface area contributed by atoms with Crippen molar-refractivity contribution in [1.82, 2.24) is 5.32 Å². The topological polar surface area (TPSA) is 67.2 Å². The quantitative estimate of drug-likeness (QED) is 0.756. The number of nitrogens with two attached hydrogens (primary N) is 1. The maximum Gasteiger partial charge on any atom is 0.251 e. The zero-order chi connectivity index (χ0) is 14.8. The number of carbonyl (C=O) groups excluding carboxylic acids is 1. The first kappa shape index (κ1) is 13.8. The van der Waals surface area contributed by atoms with Gasteiger partial charge in [-0.25, -0.2) is 0 Å². The summed E-state index contributed by atoms with van der Waals surface area (Å²) in [5, 5.41) is 6.78. The van der Waals surface area contributed by atoms with Crippen LogP contribution >= 0.6 is 11.6 Å². The van der Waals surface area contributed by atoms with Crippen LogP contribution in [-0.2, 0) is 0 Å². The maximum absolute atomic E-state index is 12.0. The van der Waals surface area contributed by atoms with E-state index in [-0.39, 0.29) is 5.91 Å². The number of amides is 1. The lowest BCUT2D eigenvalue weighted by molar-refractivity contribution is 0.0951. The first-order chi connectivity index (χ1) is 10.1. The van der Waals surface area contributed by atoms with Crippen molar-refractivity contribution in [2.24, 2.45) is 0 Å². The van der Waals surface area contributed by atoms with Crippen LogP contribution in [0.4, 0.5) is 17.1 Å². The highest BCUT2D eigenvalue weighted by Gasteiger charge is 2.23. The van der Waals surface area contributed by atoms with Gasteiger partial charge in [-0.15, -0.1) is 0 Å². The van der Waals surface area contributed by atoms with Crippen LogP contribution in [0.25, 0.3) is 0 Å². The van der Waals surface area contributed by atoms with Crippen molar-refractivity contribution in [3.05, 3.63) is 53.1 Å². The van der Waals surface area contributed by atoms with Crippen molar-refractivity contribution in [1.29, 1.82) is 0 Å². The lowest BCUT2D eigenvalue weighted by Gasteiger charge is -2.11. The Balaban J connectivity index is 1.76. The first-order valence-corrected chi connectivity index (χ1v) is 7.22. The maximum atomic E-state index is 12.0. The second kappa shape index (κ2) is 5.66. The van der Waals surface area contributed by atoms with Gasteiger partial charge in [0.1, 0.15) is 0 Å². The van der Waals surface area contributed by atoms with E-state index in [9.17, 15) is 4.79 Å². The van der Waals surface area contributed by atoms with Gasteiger partial charge in [-0.05, 0) is 49.2 Å². The number of benzene rings is 2. The van der Waals surface area contributed by atoms with Gasteiger partial charge < -0.3 is 16.4 Å². The van der Waals surface area contributed by atoms with Gasteiger partial charge >= 0.3 is 0 Å². The van der Waals surface area contributed by atoms with E-state index < -0.39 is 0 Å². The standard InChI is InChI=1S/C16H16ClN3O/c17-11-2-1-3-13(9-11)19-15-7-4-10(8-14(15)18)16(21)20-12-5-6-12/h1-4,7-9,12,19H,5-6,18H2,(H,20,21). The predicted octanol–water partition coefficient (Wildman–Crippen LogP) is 3.56. The van der Waals surface area contributed by atoms with Gasteiger partial charge in [0.25, 0.3) is 5.91 Å². The number of nitrogens with one attached hydrogen (secondary N) is 2. The fraction of sp³-hybridized carbons (Fsp3) is 0.188. The first-order valence-electron chi connectivity index (χ1n) is 6.85. The van der Waals surface area contributed by atoms with Crippen molar-refractivity contribution < 1.29 is 4.79 Å². The number of anilines is 3. The molecular formula is C16H16ClN3O. The second-order valence-electron chi connectivity index (χ2n) is 5.19. The molecule has 0 aliphatic heterocycles. The molecule has 1 fully saturated rings. The molecule has 5 heteroatoms. The SMILES string of the molecule is Nc1cc(C(=O)NC2CC2)ccc1Nc1cccc(Cl)c1. The molecule has 1 amide bonds. The van der Waals surface area contributed by atoms with Crippen molar-refractivity contribution in [2.75, 3.05) is 11.1 Å². The lowest BCUT2D eigenvalue weighted by Crippen LogP contribution is -2.25. The average molecular weight is 302 g/mol. The normalized spacial score (nSPS) is 13.8. The molecule has 1 aliphatic carbocycles. The predicted molar refractivity (Wildman–Crippen MR) is 86.1 cm³/mol. The van der Waals surface area contributed by atoms with Gasteiger partial charge in [0.05, 0.1) is 11.4 Å². The molecule has 0 spiro atoms. The summed E-state index contributed by atoms with van der Waals surface area (Å²) < 4.78 is 0. The van der Waals surface area contributed by atoms with Crippen molar-refractivity contribution in [2.45, 2.75) is 18.9 Å². The Kier molecular flexibility index (Phi) is 3.71. The molecule has 0 unspecified atom stereocenters. The molecule has 0 saturated heterocycles. The van der Waals surface area contributed by atoms with Gasteiger partial charge in [-0.2, -0.15) is 0 Å². The number of hydrogen-bond donors (Lipinski definition) is 3. The minimum Gasteiger partial charge on any atom is -0.397 e. The summed E-state index contributed by atoms with van der Waals surface area (Å²) in [6, 6.07) is 13.0.